The first-order valence-electron chi connectivity index (χ1n) is 8.48. The summed E-state index contributed by atoms with van der Waals surface area (Å²) in [6, 6.07) is 7.23. The van der Waals surface area contributed by atoms with Gasteiger partial charge in [0.25, 0.3) is 0 Å². The molecule has 0 saturated heterocycles. The Morgan fingerprint density at radius 3 is 2.72 bits per heavy atom. The van der Waals surface area contributed by atoms with Crippen LogP contribution in [0.5, 0.6) is 0 Å². The van der Waals surface area contributed by atoms with Crippen molar-refractivity contribution < 1.29 is 14.3 Å². The lowest BCUT2D eigenvalue weighted by Gasteiger charge is -2.30. The molecule has 0 aliphatic rings. The number of hydrogen-bond acceptors (Lipinski definition) is 4. The first kappa shape index (κ1) is 19.0. The normalized spacial score (nSPS) is 11.4. The van der Waals surface area contributed by atoms with E-state index in [1.54, 1.807) is 11.2 Å². The molecular formula is C19H27N3O3. The summed E-state index contributed by atoms with van der Waals surface area (Å²) in [5.74, 6) is 0.528. The molecule has 6 heteroatoms. The predicted octanol–water partition coefficient (Wildman–Crippen LogP) is 3.91. The number of anilines is 1. The van der Waals surface area contributed by atoms with Crippen molar-refractivity contribution in [3.05, 3.63) is 36.2 Å². The second kappa shape index (κ2) is 8.16. The smallest absolute Gasteiger partial charge is 0.321 e. The van der Waals surface area contributed by atoms with Crippen LogP contribution in [-0.2, 0) is 0 Å². The number of oxazole rings is 1. The van der Waals surface area contributed by atoms with Gasteiger partial charge in [0.1, 0.15) is 6.26 Å². The zero-order chi connectivity index (χ0) is 18.4. The van der Waals surface area contributed by atoms with Gasteiger partial charge in [0, 0.05) is 30.9 Å². The highest BCUT2D eigenvalue weighted by molar-refractivity contribution is 5.90. The van der Waals surface area contributed by atoms with Gasteiger partial charge in [-0.1, -0.05) is 26.8 Å². The topological polar surface area (TPSA) is 78.6 Å². The Labute approximate surface area is 148 Å². The summed E-state index contributed by atoms with van der Waals surface area (Å²) >= 11 is 0. The molecule has 2 N–H and O–H groups in total. The first-order valence-corrected chi connectivity index (χ1v) is 8.48. The number of amides is 2. The molecule has 1 aromatic carbocycles. The molecule has 0 aliphatic heterocycles. The van der Waals surface area contributed by atoms with Gasteiger partial charge in [-0.25, -0.2) is 9.78 Å². The minimum Gasteiger partial charge on any atom is -0.444 e. The molecule has 25 heavy (non-hydrogen) atoms. The van der Waals surface area contributed by atoms with Crippen molar-refractivity contribution in [2.75, 3.05) is 25.0 Å². The van der Waals surface area contributed by atoms with Crippen molar-refractivity contribution in [2.45, 2.75) is 34.1 Å². The molecule has 2 aromatic rings. The van der Waals surface area contributed by atoms with E-state index in [4.69, 9.17) is 9.52 Å². The number of nitrogens with zero attached hydrogens (tertiary/aromatic N) is 2. The van der Waals surface area contributed by atoms with Crippen LogP contribution in [0.1, 0.15) is 32.9 Å². The quantitative estimate of drug-likeness (QED) is 0.832. The number of carbonyl (C=O) groups is 1. The molecule has 0 bridgehead atoms. The van der Waals surface area contributed by atoms with Gasteiger partial charge in [-0.05, 0) is 37.0 Å². The van der Waals surface area contributed by atoms with Crippen LogP contribution >= 0.6 is 0 Å². The highest BCUT2D eigenvalue weighted by Gasteiger charge is 2.21. The lowest BCUT2D eigenvalue weighted by atomic mass is 9.96. The Hall–Kier alpha value is -2.34. The number of hydrogen-bond donors (Lipinski definition) is 2. The van der Waals surface area contributed by atoms with E-state index < -0.39 is 0 Å². The number of aliphatic hydroxyl groups is 1. The summed E-state index contributed by atoms with van der Waals surface area (Å²) in [7, 11) is 0. The zero-order valence-electron chi connectivity index (χ0n) is 15.4. The van der Waals surface area contributed by atoms with Gasteiger partial charge < -0.3 is 19.7 Å². The van der Waals surface area contributed by atoms with Crippen LogP contribution in [0.3, 0.4) is 0 Å². The molecule has 136 valence electrons. The molecule has 0 saturated carbocycles. The van der Waals surface area contributed by atoms with E-state index in [-0.39, 0.29) is 18.1 Å². The lowest BCUT2D eigenvalue weighted by Crippen LogP contribution is -2.41. The van der Waals surface area contributed by atoms with E-state index in [9.17, 15) is 4.79 Å². The zero-order valence-corrected chi connectivity index (χ0v) is 15.4. The minimum absolute atomic E-state index is 0.0236. The van der Waals surface area contributed by atoms with E-state index in [1.165, 1.54) is 0 Å². The maximum atomic E-state index is 12.6. The van der Waals surface area contributed by atoms with Gasteiger partial charge in [0.15, 0.2) is 0 Å². The van der Waals surface area contributed by atoms with Crippen molar-refractivity contribution >= 4 is 11.7 Å². The molecule has 2 amide bonds. The summed E-state index contributed by atoms with van der Waals surface area (Å²) < 4.78 is 5.41. The molecule has 1 heterocycles. The molecule has 1 aromatic heterocycles. The predicted molar refractivity (Wildman–Crippen MR) is 98.4 cm³/mol. The van der Waals surface area contributed by atoms with Gasteiger partial charge >= 0.3 is 6.03 Å². The summed E-state index contributed by atoms with van der Waals surface area (Å²) in [6.45, 7) is 9.29. The molecule has 0 spiro atoms. The largest absolute Gasteiger partial charge is 0.444 e. The van der Waals surface area contributed by atoms with Crippen LogP contribution in [0.15, 0.2) is 34.9 Å². The van der Waals surface area contributed by atoms with E-state index >= 15 is 0 Å². The van der Waals surface area contributed by atoms with Crippen LogP contribution in [-0.4, -0.2) is 40.7 Å². The lowest BCUT2D eigenvalue weighted by molar-refractivity contribution is 0.176. The first-order chi connectivity index (χ1) is 11.8. The van der Waals surface area contributed by atoms with E-state index in [0.717, 1.165) is 11.3 Å². The third kappa shape index (κ3) is 5.90. The molecule has 2 rings (SSSR count). The molecule has 0 unspecified atom stereocenters. The fourth-order valence-corrected chi connectivity index (χ4v) is 2.51. The average Bonchev–Trinajstić information content (AvgIpc) is 2.97. The second-order valence-corrected chi connectivity index (χ2v) is 7.36. The van der Waals surface area contributed by atoms with Crippen LogP contribution in [0, 0.1) is 12.3 Å². The van der Waals surface area contributed by atoms with Crippen LogP contribution in [0.25, 0.3) is 11.5 Å². The van der Waals surface area contributed by atoms with E-state index in [1.807, 2.05) is 31.2 Å². The fourth-order valence-electron chi connectivity index (χ4n) is 2.51. The second-order valence-electron chi connectivity index (χ2n) is 7.36. The summed E-state index contributed by atoms with van der Waals surface area (Å²) in [4.78, 5) is 18.7. The molecule has 6 nitrogen and oxygen atoms in total. The number of aryl methyl sites for hydroxylation is 1. The van der Waals surface area contributed by atoms with Gasteiger partial charge in [-0.15, -0.1) is 0 Å². The molecule has 0 atom stereocenters. The maximum Gasteiger partial charge on any atom is 0.321 e. The molecule has 0 radical (unpaired) electrons. The van der Waals surface area contributed by atoms with Gasteiger partial charge in [-0.2, -0.15) is 0 Å². The highest BCUT2D eigenvalue weighted by Crippen LogP contribution is 2.23. The number of carbonyl (C=O) groups excluding carboxylic acids is 1. The van der Waals surface area contributed by atoms with Crippen molar-refractivity contribution in [3.63, 3.8) is 0 Å². The summed E-state index contributed by atoms with van der Waals surface area (Å²) in [5.41, 5.74) is 2.28. The summed E-state index contributed by atoms with van der Waals surface area (Å²) in [5, 5.41) is 12.0. The van der Waals surface area contributed by atoms with Crippen LogP contribution in [0.2, 0.25) is 0 Å². The minimum atomic E-state index is -0.177. The van der Waals surface area contributed by atoms with Gasteiger partial charge in [-0.3, -0.25) is 0 Å². The van der Waals surface area contributed by atoms with Crippen LogP contribution in [0.4, 0.5) is 10.5 Å². The van der Waals surface area contributed by atoms with Gasteiger partial charge in [0.2, 0.25) is 5.89 Å². The van der Waals surface area contributed by atoms with Crippen molar-refractivity contribution in [1.82, 2.24) is 9.88 Å². The number of urea groups is 1. The average molecular weight is 345 g/mol. The van der Waals surface area contributed by atoms with Crippen molar-refractivity contribution in [3.8, 4) is 11.5 Å². The van der Waals surface area contributed by atoms with E-state index in [0.29, 0.717) is 31.1 Å². The number of aliphatic hydroxyl groups excluding tert-OH is 1. The standard InChI is InChI=1S/C19H27N3O3/c1-14-12-25-17(20-14)15-7-5-8-16(11-15)21-18(24)22(9-6-10-23)13-19(2,3)4/h5,7-8,11-12,23H,6,9-10,13H2,1-4H3,(H,21,24). The Kier molecular flexibility index (Phi) is 6.20. The van der Waals surface area contributed by atoms with Crippen molar-refractivity contribution in [2.24, 2.45) is 5.41 Å². The Bertz CT molecular complexity index is 704. The maximum absolute atomic E-state index is 12.6. The van der Waals surface area contributed by atoms with E-state index in [2.05, 4.69) is 31.1 Å². The van der Waals surface area contributed by atoms with Gasteiger partial charge in [0.05, 0.1) is 5.69 Å². The summed E-state index contributed by atoms with van der Waals surface area (Å²) in [6.07, 6.45) is 2.15. The highest BCUT2D eigenvalue weighted by atomic mass is 16.3. The molecule has 0 aliphatic carbocycles. The fraction of sp³-hybridized carbons (Fsp3) is 0.474. The number of rotatable bonds is 6. The Morgan fingerprint density at radius 1 is 1.36 bits per heavy atom. The molecular weight excluding hydrogens is 318 g/mol. The van der Waals surface area contributed by atoms with Crippen LogP contribution < -0.4 is 5.32 Å². The monoisotopic (exact) mass is 345 g/mol. The number of aromatic nitrogens is 1. The third-order valence-electron chi connectivity index (χ3n) is 3.52. The Balaban J connectivity index is 2.11. The SMILES string of the molecule is Cc1coc(-c2cccc(NC(=O)N(CCCO)CC(C)(C)C)c2)n1. The molecule has 0 fully saturated rings. The third-order valence-corrected chi connectivity index (χ3v) is 3.52. The number of benzene rings is 1. The van der Waals surface area contributed by atoms with Crippen molar-refractivity contribution in [1.29, 1.82) is 0 Å². The Morgan fingerprint density at radius 2 is 2.12 bits per heavy atom. The number of nitrogens with one attached hydrogen (secondary N) is 1.